The van der Waals surface area contributed by atoms with Crippen LogP contribution in [-0.2, 0) is 0 Å². The molecular weight excluding hydrogens is 150 g/mol. The average molecular weight is 169 g/mol. The van der Waals surface area contributed by atoms with Gasteiger partial charge in [0.25, 0.3) is 0 Å². The number of rotatable bonds is 1. The number of aliphatic hydroxyl groups is 1. The lowest BCUT2D eigenvalue weighted by Crippen LogP contribution is -2.41. The minimum absolute atomic E-state index is 0.170. The van der Waals surface area contributed by atoms with Crippen LogP contribution in [0.15, 0.2) is 0 Å². The average Bonchev–Trinajstić information content (AvgIpc) is 2.40. The van der Waals surface area contributed by atoms with E-state index in [2.05, 4.69) is 18.7 Å². The van der Waals surface area contributed by atoms with E-state index in [4.69, 9.17) is 0 Å². The van der Waals surface area contributed by atoms with E-state index in [9.17, 15) is 5.11 Å². The van der Waals surface area contributed by atoms with Gasteiger partial charge in [0.1, 0.15) is 0 Å². The number of hydrogen-bond donors (Lipinski definition) is 1. The van der Waals surface area contributed by atoms with Gasteiger partial charge in [-0.3, -0.25) is 4.90 Å². The van der Waals surface area contributed by atoms with Crippen molar-refractivity contribution in [2.24, 2.45) is 5.41 Å². The van der Waals surface area contributed by atoms with Gasteiger partial charge in [-0.1, -0.05) is 13.8 Å². The number of nitrogens with zero attached hydrogens (tertiary/aromatic N) is 1. The minimum atomic E-state index is 0.170. The topological polar surface area (TPSA) is 23.5 Å². The molecular formula is C10H19NO. The Hall–Kier alpha value is -0.0800. The summed E-state index contributed by atoms with van der Waals surface area (Å²) in [4.78, 5) is 2.49. The maximum absolute atomic E-state index is 9.42. The second-order valence-electron chi connectivity index (χ2n) is 5.25. The summed E-state index contributed by atoms with van der Waals surface area (Å²) in [7, 11) is 0. The molecule has 1 N–H and O–H groups in total. The van der Waals surface area contributed by atoms with E-state index >= 15 is 0 Å². The number of fused-ring (bicyclic) bond motifs is 1. The van der Waals surface area contributed by atoms with Crippen molar-refractivity contribution in [3.8, 4) is 0 Å². The normalized spacial score (nSPS) is 40.2. The third-order valence-corrected chi connectivity index (χ3v) is 3.46. The van der Waals surface area contributed by atoms with E-state index in [1.54, 1.807) is 0 Å². The second-order valence-corrected chi connectivity index (χ2v) is 5.25. The highest BCUT2D eigenvalue weighted by Crippen LogP contribution is 2.46. The van der Waals surface area contributed by atoms with Crippen molar-refractivity contribution < 1.29 is 5.11 Å². The number of hydrogen-bond acceptors (Lipinski definition) is 2. The van der Waals surface area contributed by atoms with Crippen LogP contribution in [0.3, 0.4) is 0 Å². The molecule has 0 aromatic carbocycles. The van der Waals surface area contributed by atoms with Crippen LogP contribution in [0.4, 0.5) is 0 Å². The summed E-state index contributed by atoms with van der Waals surface area (Å²) in [5.41, 5.74) is 0.590. The van der Waals surface area contributed by atoms with Crippen LogP contribution >= 0.6 is 0 Å². The van der Waals surface area contributed by atoms with Crippen molar-refractivity contribution in [1.29, 1.82) is 0 Å². The first-order chi connectivity index (χ1) is 5.58. The Morgan fingerprint density at radius 3 is 2.75 bits per heavy atom. The highest BCUT2D eigenvalue weighted by atomic mass is 16.3. The second kappa shape index (κ2) is 2.46. The van der Waals surface area contributed by atoms with Crippen molar-refractivity contribution in [1.82, 2.24) is 4.90 Å². The summed E-state index contributed by atoms with van der Waals surface area (Å²) in [6, 6.07) is 0. The molecule has 0 aromatic heterocycles. The first-order valence-corrected chi connectivity index (χ1v) is 4.94. The fourth-order valence-corrected chi connectivity index (χ4v) is 3.14. The lowest BCUT2D eigenvalue weighted by atomic mass is 9.83. The third kappa shape index (κ3) is 1.09. The van der Waals surface area contributed by atoms with Gasteiger partial charge in [0.2, 0.25) is 0 Å². The lowest BCUT2D eigenvalue weighted by Gasteiger charge is -2.29. The molecule has 2 nitrogen and oxygen atoms in total. The van der Waals surface area contributed by atoms with Crippen LogP contribution < -0.4 is 0 Å². The highest BCUT2D eigenvalue weighted by molar-refractivity contribution is 5.05. The zero-order valence-corrected chi connectivity index (χ0v) is 8.14. The molecule has 2 aliphatic rings. The summed E-state index contributed by atoms with van der Waals surface area (Å²) in [6.07, 6.45) is 3.65. The smallest absolute Gasteiger partial charge is 0.0615 e. The molecule has 0 unspecified atom stereocenters. The molecule has 2 rings (SSSR count). The molecule has 1 atom stereocenters. The van der Waals surface area contributed by atoms with Crippen LogP contribution in [0.2, 0.25) is 0 Å². The van der Waals surface area contributed by atoms with Gasteiger partial charge in [-0.2, -0.15) is 0 Å². The van der Waals surface area contributed by atoms with E-state index in [1.807, 2.05) is 0 Å². The van der Waals surface area contributed by atoms with Crippen LogP contribution in [0.25, 0.3) is 0 Å². The van der Waals surface area contributed by atoms with Crippen LogP contribution in [0.1, 0.15) is 33.1 Å². The van der Waals surface area contributed by atoms with Gasteiger partial charge in [-0.05, 0) is 31.2 Å². The third-order valence-electron chi connectivity index (χ3n) is 3.46. The molecule has 0 aromatic rings. The first kappa shape index (κ1) is 8.52. The van der Waals surface area contributed by atoms with Gasteiger partial charge < -0.3 is 5.11 Å². The van der Waals surface area contributed by atoms with E-state index < -0.39 is 0 Å². The van der Waals surface area contributed by atoms with Gasteiger partial charge in [0.05, 0.1) is 6.61 Å². The largest absolute Gasteiger partial charge is 0.394 e. The Morgan fingerprint density at radius 2 is 2.17 bits per heavy atom. The summed E-state index contributed by atoms with van der Waals surface area (Å²) in [6.45, 7) is 7.35. The van der Waals surface area contributed by atoms with E-state index in [-0.39, 0.29) is 5.54 Å². The predicted octanol–water partition coefficient (Wildman–Crippen LogP) is 1.24. The van der Waals surface area contributed by atoms with E-state index in [0.29, 0.717) is 12.0 Å². The van der Waals surface area contributed by atoms with Crippen molar-refractivity contribution in [2.45, 2.75) is 38.6 Å². The molecule has 0 spiro atoms. The van der Waals surface area contributed by atoms with Crippen LogP contribution in [-0.4, -0.2) is 35.2 Å². The highest BCUT2D eigenvalue weighted by Gasteiger charge is 2.50. The van der Waals surface area contributed by atoms with E-state index in [1.165, 1.54) is 32.4 Å². The fourth-order valence-electron chi connectivity index (χ4n) is 3.14. The quantitative estimate of drug-likeness (QED) is 0.638. The molecule has 2 aliphatic heterocycles. The minimum Gasteiger partial charge on any atom is -0.394 e. The summed E-state index contributed by atoms with van der Waals surface area (Å²) in [5, 5.41) is 9.42. The monoisotopic (exact) mass is 169 g/mol. The number of aliphatic hydroxyl groups excluding tert-OH is 1. The van der Waals surface area contributed by atoms with E-state index in [0.717, 1.165) is 0 Å². The molecule has 0 bridgehead atoms. The molecule has 0 amide bonds. The maximum atomic E-state index is 9.42. The van der Waals surface area contributed by atoms with Crippen molar-refractivity contribution >= 4 is 0 Å². The van der Waals surface area contributed by atoms with Crippen molar-refractivity contribution in [3.05, 3.63) is 0 Å². The van der Waals surface area contributed by atoms with Gasteiger partial charge in [-0.25, -0.2) is 0 Å². The molecule has 70 valence electrons. The molecule has 0 radical (unpaired) electrons. The Kier molecular flexibility index (Phi) is 1.74. The predicted molar refractivity (Wildman–Crippen MR) is 49.0 cm³/mol. The van der Waals surface area contributed by atoms with Gasteiger partial charge in [-0.15, -0.1) is 0 Å². The van der Waals surface area contributed by atoms with Crippen molar-refractivity contribution in [3.63, 3.8) is 0 Å². The maximum Gasteiger partial charge on any atom is 0.0615 e. The molecule has 2 heteroatoms. The molecule has 2 saturated heterocycles. The summed E-state index contributed by atoms with van der Waals surface area (Å²) in [5.74, 6) is 0. The molecule has 2 heterocycles. The SMILES string of the molecule is CC1(C)CN2CCC[C@@]2(CO)C1. The molecule has 2 fully saturated rings. The fraction of sp³-hybridized carbons (Fsp3) is 1.00. The Morgan fingerprint density at radius 1 is 1.42 bits per heavy atom. The van der Waals surface area contributed by atoms with Gasteiger partial charge in [0, 0.05) is 12.1 Å². The molecule has 0 aliphatic carbocycles. The van der Waals surface area contributed by atoms with Crippen LogP contribution in [0.5, 0.6) is 0 Å². The molecule has 0 saturated carbocycles. The Bertz CT molecular complexity index is 190. The first-order valence-electron chi connectivity index (χ1n) is 4.94. The van der Waals surface area contributed by atoms with Crippen molar-refractivity contribution in [2.75, 3.05) is 19.7 Å². The molecule has 12 heavy (non-hydrogen) atoms. The summed E-state index contributed by atoms with van der Waals surface area (Å²) < 4.78 is 0. The lowest BCUT2D eigenvalue weighted by molar-refractivity contribution is 0.0995. The Labute approximate surface area is 74.6 Å². The van der Waals surface area contributed by atoms with Gasteiger partial charge >= 0.3 is 0 Å². The standard InChI is InChI=1S/C10H19NO/c1-9(2)6-10(8-12)4-3-5-11(10)7-9/h12H,3-8H2,1-2H3/t10-/m0/s1. The summed E-state index contributed by atoms with van der Waals surface area (Å²) >= 11 is 0. The van der Waals surface area contributed by atoms with Crippen LogP contribution in [0, 0.1) is 5.41 Å². The zero-order valence-electron chi connectivity index (χ0n) is 8.14. The Balaban J connectivity index is 2.20. The zero-order chi connectivity index (χ0) is 8.82. The van der Waals surface area contributed by atoms with Gasteiger partial charge in [0.15, 0.2) is 0 Å².